The number of aliphatic hydroxyl groups excluding tert-OH is 1. The second kappa shape index (κ2) is 7.74. The van der Waals surface area contributed by atoms with E-state index in [2.05, 4.69) is 10.6 Å². The molecule has 0 saturated carbocycles. The van der Waals surface area contributed by atoms with E-state index in [1.807, 2.05) is 0 Å². The molecule has 1 unspecified atom stereocenters. The zero-order chi connectivity index (χ0) is 17.9. The van der Waals surface area contributed by atoms with Crippen LogP contribution in [0.2, 0.25) is 5.02 Å². The van der Waals surface area contributed by atoms with Crippen molar-refractivity contribution in [3.05, 3.63) is 51.1 Å². The average molecular weight is 371 g/mol. The number of aliphatic hydroxyl groups is 1. The molecule has 0 radical (unpaired) electrons. The predicted octanol–water partition coefficient (Wildman–Crippen LogP) is 3.21. The number of thiophene rings is 1. The zero-order valence-electron chi connectivity index (χ0n) is 13.0. The quantitative estimate of drug-likeness (QED) is 0.756. The molecule has 3 N–H and O–H groups in total. The summed E-state index contributed by atoms with van der Waals surface area (Å²) >= 11 is 6.97. The van der Waals surface area contributed by atoms with Crippen LogP contribution < -0.4 is 10.6 Å². The molecule has 0 spiro atoms. The predicted molar refractivity (Wildman–Crippen MR) is 92.4 cm³/mol. The minimum absolute atomic E-state index is 0.00974. The number of benzene rings is 1. The summed E-state index contributed by atoms with van der Waals surface area (Å²) < 4.78 is 13.0. The molecule has 1 heterocycles. The molecule has 0 bridgehead atoms. The Hall–Kier alpha value is -1.96. The minimum Gasteiger partial charge on any atom is -0.394 e. The van der Waals surface area contributed by atoms with Crippen LogP contribution in [0.15, 0.2) is 24.3 Å². The second-order valence-electron chi connectivity index (χ2n) is 5.26. The molecular weight excluding hydrogens is 355 g/mol. The van der Waals surface area contributed by atoms with Gasteiger partial charge in [0.05, 0.1) is 27.1 Å². The summed E-state index contributed by atoms with van der Waals surface area (Å²) in [6.45, 7) is 3.26. The topological polar surface area (TPSA) is 78.4 Å². The van der Waals surface area contributed by atoms with Gasteiger partial charge in [0.2, 0.25) is 0 Å². The highest BCUT2D eigenvalue weighted by molar-refractivity contribution is 7.18. The summed E-state index contributed by atoms with van der Waals surface area (Å²) in [5.41, 5.74) is 0.840. The highest BCUT2D eigenvalue weighted by Gasteiger charge is 2.18. The van der Waals surface area contributed by atoms with Crippen LogP contribution in [0.25, 0.3) is 0 Å². The van der Waals surface area contributed by atoms with Gasteiger partial charge in [-0.3, -0.25) is 9.59 Å². The Morgan fingerprint density at radius 2 is 2.04 bits per heavy atom. The molecule has 1 aromatic heterocycles. The molecule has 1 aromatic carbocycles. The van der Waals surface area contributed by atoms with Gasteiger partial charge in [0.15, 0.2) is 0 Å². The van der Waals surface area contributed by atoms with Crippen LogP contribution >= 0.6 is 22.9 Å². The molecular formula is C16H16ClFN2O3S. The number of carbonyl (C=O) groups excluding carboxylic acids is 2. The Labute approximate surface area is 147 Å². The van der Waals surface area contributed by atoms with Gasteiger partial charge in [0.25, 0.3) is 11.8 Å². The van der Waals surface area contributed by atoms with Crippen molar-refractivity contribution in [1.29, 1.82) is 0 Å². The molecule has 0 fully saturated rings. The van der Waals surface area contributed by atoms with E-state index in [0.29, 0.717) is 15.4 Å². The van der Waals surface area contributed by atoms with Crippen LogP contribution in [0.1, 0.15) is 32.5 Å². The number of aryl methyl sites for hydroxylation is 1. The number of anilines is 1. The highest BCUT2D eigenvalue weighted by Crippen LogP contribution is 2.28. The molecule has 0 saturated heterocycles. The van der Waals surface area contributed by atoms with Gasteiger partial charge in [-0.05, 0) is 43.7 Å². The Bertz CT molecular complexity index is 779. The monoisotopic (exact) mass is 370 g/mol. The summed E-state index contributed by atoms with van der Waals surface area (Å²) in [4.78, 5) is 24.8. The molecule has 128 valence electrons. The minimum atomic E-state index is -0.527. The maximum atomic E-state index is 13.0. The number of halogens is 2. The lowest BCUT2D eigenvalue weighted by Gasteiger charge is -2.09. The fraction of sp³-hybridized carbons (Fsp3) is 0.250. The van der Waals surface area contributed by atoms with Crippen LogP contribution in [-0.2, 0) is 0 Å². The molecule has 2 amide bonds. The highest BCUT2D eigenvalue weighted by atomic mass is 35.5. The van der Waals surface area contributed by atoms with Crippen LogP contribution in [0.5, 0.6) is 0 Å². The molecule has 0 aliphatic heterocycles. The Kier molecular flexibility index (Phi) is 5.93. The van der Waals surface area contributed by atoms with Gasteiger partial charge < -0.3 is 15.7 Å². The van der Waals surface area contributed by atoms with Gasteiger partial charge in [-0.15, -0.1) is 11.3 Å². The van der Waals surface area contributed by atoms with Crippen molar-refractivity contribution >= 4 is 39.8 Å². The van der Waals surface area contributed by atoms with E-state index < -0.39 is 11.7 Å². The Morgan fingerprint density at radius 3 is 2.67 bits per heavy atom. The van der Waals surface area contributed by atoms with Crippen molar-refractivity contribution in [1.82, 2.24) is 5.32 Å². The summed E-state index contributed by atoms with van der Waals surface area (Å²) in [5, 5.41) is 14.8. The largest absolute Gasteiger partial charge is 0.394 e. The van der Waals surface area contributed by atoms with Gasteiger partial charge in [0.1, 0.15) is 5.82 Å². The number of hydrogen-bond donors (Lipinski definition) is 3. The van der Waals surface area contributed by atoms with Gasteiger partial charge in [-0.25, -0.2) is 4.39 Å². The van der Waals surface area contributed by atoms with Crippen molar-refractivity contribution in [2.75, 3.05) is 11.9 Å². The SMILES string of the molecule is Cc1cc(NC(=O)c2ccc(F)cc2Cl)sc1C(=O)NC(C)CO. The normalized spacial score (nSPS) is 11.9. The van der Waals surface area contributed by atoms with Crippen molar-refractivity contribution in [2.45, 2.75) is 19.9 Å². The van der Waals surface area contributed by atoms with Crippen molar-refractivity contribution < 1.29 is 19.1 Å². The second-order valence-corrected chi connectivity index (χ2v) is 6.72. The Morgan fingerprint density at radius 1 is 1.33 bits per heavy atom. The van der Waals surface area contributed by atoms with E-state index in [0.717, 1.165) is 23.5 Å². The maximum Gasteiger partial charge on any atom is 0.261 e. The molecule has 0 aliphatic carbocycles. The van der Waals surface area contributed by atoms with Crippen LogP contribution in [-0.4, -0.2) is 29.6 Å². The molecule has 8 heteroatoms. The number of amides is 2. The average Bonchev–Trinajstić information content (AvgIpc) is 2.87. The number of carbonyl (C=O) groups is 2. The van der Waals surface area contributed by atoms with Crippen LogP contribution in [0.3, 0.4) is 0 Å². The van der Waals surface area contributed by atoms with Crippen LogP contribution in [0, 0.1) is 12.7 Å². The first-order valence-electron chi connectivity index (χ1n) is 7.10. The smallest absolute Gasteiger partial charge is 0.261 e. The van der Waals surface area contributed by atoms with E-state index in [9.17, 15) is 14.0 Å². The third-order valence-corrected chi connectivity index (χ3v) is 4.65. The number of nitrogens with one attached hydrogen (secondary N) is 2. The molecule has 2 rings (SSSR count). The van der Waals surface area contributed by atoms with E-state index >= 15 is 0 Å². The van der Waals surface area contributed by atoms with Gasteiger partial charge in [-0.2, -0.15) is 0 Å². The number of rotatable bonds is 5. The molecule has 0 aliphatic rings. The van der Waals surface area contributed by atoms with Gasteiger partial charge >= 0.3 is 0 Å². The maximum absolute atomic E-state index is 13.0. The summed E-state index contributed by atoms with van der Waals surface area (Å²) in [6, 6.07) is 4.80. The lowest BCUT2D eigenvalue weighted by atomic mass is 10.2. The fourth-order valence-corrected chi connectivity index (χ4v) is 3.18. The van der Waals surface area contributed by atoms with Crippen LogP contribution in [0.4, 0.5) is 9.39 Å². The van der Waals surface area contributed by atoms with E-state index in [1.165, 1.54) is 6.07 Å². The van der Waals surface area contributed by atoms with Gasteiger partial charge in [-0.1, -0.05) is 11.6 Å². The van der Waals surface area contributed by atoms with E-state index in [1.54, 1.807) is 19.9 Å². The molecule has 5 nitrogen and oxygen atoms in total. The first kappa shape index (κ1) is 18.4. The summed E-state index contributed by atoms with van der Waals surface area (Å²) in [5.74, 6) is -1.34. The standard InChI is InChI=1S/C16H16ClFN2O3S/c1-8-5-13(24-14(8)16(23)19-9(2)7-21)20-15(22)11-4-3-10(18)6-12(11)17/h3-6,9,21H,7H2,1-2H3,(H,19,23)(H,20,22). The number of hydrogen-bond acceptors (Lipinski definition) is 4. The molecule has 1 atom stereocenters. The first-order valence-corrected chi connectivity index (χ1v) is 8.29. The van der Waals surface area contributed by atoms with E-state index in [4.69, 9.17) is 16.7 Å². The third kappa shape index (κ3) is 4.31. The first-order chi connectivity index (χ1) is 11.3. The van der Waals surface area contributed by atoms with Gasteiger partial charge in [0, 0.05) is 6.04 Å². The summed E-state index contributed by atoms with van der Waals surface area (Å²) in [6.07, 6.45) is 0. The van der Waals surface area contributed by atoms with Crippen molar-refractivity contribution in [3.63, 3.8) is 0 Å². The lowest BCUT2D eigenvalue weighted by Crippen LogP contribution is -2.34. The lowest BCUT2D eigenvalue weighted by molar-refractivity contribution is 0.0925. The van der Waals surface area contributed by atoms with Crippen molar-refractivity contribution in [2.24, 2.45) is 0 Å². The summed E-state index contributed by atoms with van der Waals surface area (Å²) in [7, 11) is 0. The van der Waals surface area contributed by atoms with E-state index in [-0.39, 0.29) is 29.1 Å². The fourth-order valence-electron chi connectivity index (χ4n) is 1.96. The Balaban J connectivity index is 2.15. The zero-order valence-corrected chi connectivity index (χ0v) is 14.6. The molecule has 2 aromatic rings. The third-order valence-electron chi connectivity index (χ3n) is 3.19. The van der Waals surface area contributed by atoms with Crippen molar-refractivity contribution in [3.8, 4) is 0 Å². The molecule has 24 heavy (non-hydrogen) atoms.